The molecule has 11 heteroatoms. The largest absolute Gasteiger partial charge is 0.433 e. The van der Waals surface area contributed by atoms with Gasteiger partial charge in [0.1, 0.15) is 18.0 Å². The predicted molar refractivity (Wildman–Crippen MR) is 78.7 cm³/mol. The molecule has 25 heavy (non-hydrogen) atoms. The van der Waals surface area contributed by atoms with Gasteiger partial charge in [0.25, 0.3) is 0 Å². The van der Waals surface area contributed by atoms with Crippen molar-refractivity contribution < 1.29 is 31.5 Å². The van der Waals surface area contributed by atoms with Crippen LogP contribution >= 0.6 is 11.6 Å². The fourth-order valence-corrected chi connectivity index (χ4v) is 2.23. The molecule has 0 radical (unpaired) electrons. The molecule has 0 spiro atoms. The lowest BCUT2D eigenvalue weighted by molar-refractivity contribution is -0.144. The molecule has 0 saturated heterocycles. The van der Waals surface area contributed by atoms with Crippen molar-refractivity contribution >= 4 is 23.2 Å². The summed E-state index contributed by atoms with van der Waals surface area (Å²) in [4.78, 5) is 11.9. The third-order valence-electron chi connectivity index (χ3n) is 2.92. The number of rotatable bonds is 5. The zero-order valence-corrected chi connectivity index (χ0v) is 13.3. The smallest absolute Gasteiger partial charge is 0.433 e. The lowest BCUT2D eigenvalue weighted by atomic mass is 10.3. The highest BCUT2D eigenvalue weighted by Gasteiger charge is 2.35. The van der Waals surface area contributed by atoms with Crippen molar-refractivity contribution in [2.75, 3.05) is 5.32 Å². The number of benzene rings is 1. The van der Waals surface area contributed by atoms with Gasteiger partial charge in [-0.15, -0.1) is 0 Å². The number of ether oxygens (including phenoxy) is 1. The van der Waals surface area contributed by atoms with Crippen molar-refractivity contribution in [3.05, 3.63) is 40.7 Å². The molecule has 0 atom stereocenters. The standard InChI is InChI=1S/C14H11ClF5N3O2/c1-7-4-11(14(18,19)20)23(22-7)6-12(24)21-8-2-3-10(9(15)5-8)25-13(16)17/h2-5,13H,6H2,1H3,(H,21,24). The second-order valence-electron chi connectivity index (χ2n) is 4.90. The summed E-state index contributed by atoms with van der Waals surface area (Å²) >= 11 is 5.73. The number of halogens is 6. The monoisotopic (exact) mass is 383 g/mol. The molecule has 1 aromatic heterocycles. The van der Waals surface area contributed by atoms with E-state index in [1.807, 2.05) is 0 Å². The summed E-state index contributed by atoms with van der Waals surface area (Å²) in [5.41, 5.74) is -0.843. The zero-order chi connectivity index (χ0) is 18.8. The number of aryl methyl sites for hydroxylation is 1. The lowest BCUT2D eigenvalue weighted by Crippen LogP contribution is -2.23. The molecule has 5 nitrogen and oxygen atoms in total. The van der Waals surface area contributed by atoms with Gasteiger partial charge in [-0.3, -0.25) is 9.48 Å². The molecule has 0 saturated carbocycles. The van der Waals surface area contributed by atoms with Crippen LogP contribution in [0.4, 0.5) is 27.6 Å². The lowest BCUT2D eigenvalue weighted by Gasteiger charge is -2.12. The van der Waals surface area contributed by atoms with Gasteiger partial charge in [-0.25, -0.2) is 0 Å². The molecule has 0 unspecified atom stereocenters. The van der Waals surface area contributed by atoms with Crippen molar-refractivity contribution in [1.82, 2.24) is 9.78 Å². The summed E-state index contributed by atoms with van der Waals surface area (Å²) < 4.78 is 67.5. The number of carbonyl (C=O) groups excluding carboxylic acids is 1. The molecule has 1 heterocycles. The molecule has 1 amide bonds. The normalized spacial score (nSPS) is 11.7. The third kappa shape index (κ3) is 5.05. The van der Waals surface area contributed by atoms with E-state index in [1.165, 1.54) is 13.0 Å². The first-order valence-electron chi connectivity index (χ1n) is 6.72. The molecule has 0 aliphatic rings. The highest BCUT2D eigenvalue weighted by Crippen LogP contribution is 2.30. The molecular formula is C14H11ClF5N3O2. The van der Waals surface area contributed by atoms with Crippen LogP contribution in [0, 0.1) is 6.92 Å². The van der Waals surface area contributed by atoms with E-state index in [0.29, 0.717) is 4.68 Å². The van der Waals surface area contributed by atoms with Gasteiger partial charge in [0.15, 0.2) is 0 Å². The summed E-state index contributed by atoms with van der Waals surface area (Å²) in [6.45, 7) is -2.39. The maximum atomic E-state index is 12.9. The summed E-state index contributed by atoms with van der Waals surface area (Å²) in [5, 5.41) is 5.74. The maximum absolute atomic E-state index is 12.9. The van der Waals surface area contributed by atoms with E-state index < -0.39 is 30.9 Å². The Bertz CT molecular complexity index is 776. The van der Waals surface area contributed by atoms with Crippen LogP contribution in [0.1, 0.15) is 11.4 Å². The van der Waals surface area contributed by atoms with Crippen molar-refractivity contribution in [3.8, 4) is 5.75 Å². The van der Waals surface area contributed by atoms with Crippen molar-refractivity contribution in [2.24, 2.45) is 0 Å². The Hall–Kier alpha value is -2.36. The van der Waals surface area contributed by atoms with E-state index in [2.05, 4.69) is 15.2 Å². The van der Waals surface area contributed by atoms with E-state index in [-0.39, 0.29) is 22.2 Å². The number of amides is 1. The van der Waals surface area contributed by atoms with Crippen LogP contribution in [0.15, 0.2) is 24.3 Å². The summed E-state index contributed by atoms with van der Waals surface area (Å²) in [5.74, 6) is -1.09. The summed E-state index contributed by atoms with van der Waals surface area (Å²) in [6.07, 6.45) is -4.65. The minimum atomic E-state index is -4.65. The van der Waals surface area contributed by atoms with Gasteiger partial charge in [-0.1, -0.05) is 11.6 Å². The van der Waals surface area contributed by atoms with Gasteiger partial charge in [0.05, 0.1) is 10.7 Å². The molecule has 2 aromatic rings. The Labute approximate surface area is 143 Å². The molecule has 2 rings (SSSR count). The van der Waals surface area contributed by atoms with Crippen LogP contribution in [0.3, 0.4) is 0 Å². The van der Waals surface area contributed by atoms with E-state index in [1.54, 1.807) is 0 Å². The number of carbonyl (C=O) groups is 1. The Kier molecular flexibility index (Phi) is 5.51. The molecule has 0 aliphatic heterocycles. The number of hydrogen-bond acceptors (Lipinski definition) is 3. The van der Waals surface area contributed by atoms with Crippen molar-refractivity contribution in [2.45, 2.75) is 26.3 Å². The number of hydrogen-bond donors (Lipinski definition) is 1. The Morgan fingerprint density at radius 3 is 2.60 bits per heavy atom. The summed E-state index contributed by atoms with van der Waals surface area (Å²) in [6, 6.07) is 4.28. The van der Waals surface area contributed by atoms with Gasteiger partial charge in [0, 0.05) is 5.69 Å². The van der Waals surface area contributed by atoms with Crippen LogP contribution in [0.5, 0.6) is 5.75 Å². The molecule has 1 aromatic carbocycles. The molecule has 0 fully saturated rings. The first kappa shape index (κ1) is 19.0. The van der Waals surface area contributed by atoms with Crippen molar-refractivity contribution in [1.29, 1.82) is 0 Å². The van der Waals surface area contributed by atoms with Crippen LogP contribution in [-0.4, -0.2) is 22.3 Å². The predicted octanol–water partition coefficient (Wildman–Crippen LogP) is 4.10. The van der Waals surface area contributed by atoms with E-state index in [9.17, 15) is 26.7 Å². The Morgan fingerprint density at radius 2 is 2.04 bits per heavy atom. The molecule has 1 N–H and O–H groups in total. The van der Waals surface area contributed by atoms with Gasteiger partial charge >= 0.3 is 12.8 Å². The quantitative estimate of drug-likeness (QED) is 0.791. The second-order valence-corrected chi connectivity index (χ2v) is 5.31. The average molecular weight is 384 g/mol. The molecule has 0 bridgehead atoms. The average Bonchev–Trinajstić information content (AvgIpc) is 2.82. The number of alkyl halides is 5. The molecular weight excluding hydrogens is 373 g/mol. The third-order valence-corrected chi connectivity index (χ3v) is 3.21. The summed E-state index contributed by atoms with van der Waals surface area (Å²) in [7, 11) is 0. The Balaban J connectivity index is 2.10. The first-order valence-corrected chi connectivity index (χ1v) is 7.10. The van der Waals surface area contributed by atoms with Gasteiger partial charge in [-0.05, 0) is 31.2 Å². The van der Waals surface area contributed by atoms with Gasteiger partial charge < -0.3 is 10.1 Å². The SMILES string of the molecule is Cc1cc(C(F)(F)F)n(CC(=O)Nc2ccc(OC(F)F)c(Cl)c2)n1. The van der Waals surface area contributed by atoms with Crippen LogP contribution in [0.25, 0.3) is 0 Å². The molecule has 0 aliphatic carbocycles. The number of aromatic nitrogens is 2. The topological polar surface area (TPSA) is 56.2 Å². The van der Waals surface area contributed by atoms with Crippen LogP contribution in [0.2, 0.25) is 5.02 Å². The number of anilines is 1. The number of nitrogens with zero attached hydrogens (tertiary/aromatic N) is 2. The fraction of sp³-hybridized carbons (Fsp3) is 0.286. The highest BCUT2D eigenvalue weighted by atomic mass is 35.5. The van der Waals surface area contributed by atoms with Crippen molar-refractivity contribution in [3.63, 3.8) is 0 Å². The zero-order valence-electron chi connectivity index (χ0n) is 12.6. The minimum Gasteiger partial charge on any atom is -0.433 e. The number of nitrogens with one attached hydrogen (secondary N) is 1. The van der Waals surface area contributed by atoms with Gasteiger partial charge in [0.2, 0.25) is 5.91 Å². The van der Waals surface area contributed by atoms with Crippen LogP contribution < -0.4 is 10.1 Å². The van der Waals surface area contributed by atoms with Gasteiger partial charge in [-0.2, -0.15) is 27.1 Å². The highest BCUT2D eigenvalue weighted by molar-refractivity contribution is 6.32. The second kappa shape index (κ2) is 7.26. The fourth-order valence-electron chi connectivity index (χ4n) is 2.00. The Morgan fingerprint density at radius 1 is 1.36 bits per heavy atom. The van der Waals surface area contributed by atoms with E-state index in [4.69, 9.17) is 11.6 Å². The van der Waals surface area contributed by atoms with E-state index >= 15 is 0 Å². The molecule has 136 valence electrons. The van der Waals surface area contributed by atoms with E-state index in [0.717, 1.165) is 18.2 Å². The maximum Gasteiger partial charge on any atom is 0.433 e. The minimum absolute atomic E-state index is 0.106. The van der Waals surface area contributed by atoms with Crippen LogP contribution in [-0.2, 0) is 17.5 Å². The first-order chi connectivity index (χ1) is 11.6.